The first kappa shape index (κ1) is 13.2. The molecule has 1 aromatic rings. The molecule has 94 valence electrons. The van der Waals surface area contributed by atoms with Crippen LogP contribution in [-0.2, 0) is 0 Å². The monoisotopic (exact) mass is 316 g/mol. The van der Waals surface area contributed by atoms with Gasteiger partial charge in [0.05, 0.1) is 0 Å². The van der Waals surface area contributed by atoms with Crippen LogP contribution >= 0.6 is 27.5 Å². The minimum absolute atomic E-state index is 0.672. The van der Waals surface area contributed by atoms with Crippen LogP contribution in [0.3, 0.4) is 0 Å². The molecular formula is C13H18BrClN2. The highest BCUT2D eigenvalue weighted by molar-refractivity contribution is 9.10. The molecule has 2 nitrogen and oxygen atoms in total. The molecule has 0 saturated heterocycles. The highest BCUT2D eigenvalue weighted by Crippen LogP contribution is 2.30. The van der Waals surface area contributed by atoms with Gasteiger partial charge < -0.3 is 4.90 Å². The van der Waals surface area contributed by atoms with Crippen molar-refractivity contribution < 1.29 is 0 Å². The van der Waals surface area contributed by atoms with Gasteiger partial charge in [-0.1, -0.05) is 0 Å². The fraction of sp³-hybridized carbons (Fsp3) is 0.615. The highest BCUT2D eigenvalue weighted by Gasteiger charge is 2.25. The molecule has 0 spiro atoms. The van der Waals surface area contributed by atoms with E-state index in [0.29, 0.717) is 6.04 Å². The first-order valence-corrected chi connectivity index (χ1v) is 7.50. The Morgan fingerprint density at radius 3 is 2.82 bits per heavy atom. The van der Waals surface area contributed by atoms with Crippen molar-refractivity contribution in [3.05, 3.63) is 22.3 Å². The largest absolute Gasteiger partial charge is 0.354 e. The van der Waals surface area contributed by atoms with Crippen LogP contribution in [0.2, 0.25) is 0 Å². The molecule has 1 aliphatic carbocycles. The molecule has 0 bridgehead atoms. The van der Waals surface area contributed by atoms with Gasteiger partial charge in [-0.15, -0.1) is 11.6 Å². The molecule has 1 heterocycles. The van der Waals surface area contributed by atoms with Crippen molar-refractivity contribution in [3.63, 3.8) is 0 Å². The fourth-order valence-corrected chi connectivity index (χ4v) is 2.43. The maximum atomic E-state index is 5.80. The summed E-state index contributed by atoms with van der Waals surface area (Å²) in [4.78, 5) is 6.95. The van der Waals surface area contributed by atoms with Crippen molar-refractivity contribution in [1.29, 1.82) is 0 Å². The van der Waals surface area contributed by atoms with Crippen LogP contribution in [-0.4, -0.2) is 23.5 Å². The third kappa shape index (κ3) is 3.14. The van der Waals surface area contributed by atoms with E-state index in [4.69, 9.17) is 11.6 Å². The first-order chi connectivity index (χ1) is 8.22. The molecule has 2 rings (SSSR count). The number of hydrogen-bond acceptors (Lipinski definition) is 2. The zero-order chi connectivity index (χ0) is 12.3. The fourth-order valence-electron chi connectivity index (χ4n) is 2.09. The number of anilines is 1. The summed E-state index contributed by atoms with van der Waals surface area (Å²) in [5.41, 5.74) is 1.24. The van der Waals surface area contributed by atoms with Gasteiger partial charge in [0.25, 0.3) is 0 Å². The van der Waals surface area contributed by atoms with E-state index in [2.05, 4.69) is 38.8 Å². The smallest absolute Gasteiger partial charge is 0.129 e. The van der Waals surface area contributed by atoms with Crippen LogP contribution in [0.5, 0.6) is 0 Å². The van der Waals surface area contributed by atoms with Crippen molar-refractivity contribution in [3.8, 4) is 0 Å². The second kappa shape index (κ2) is 6.05. The number of pyridine rings is 1. The van der Waals surface area contributed by atoms with Gasteiger partial charge >= 0.3 is 0 Å². The van der Waals surface area contributed by atoms with Gasteiger partial charge in [-0.05, 0) is 60.2 Å². The topological polar surface area (TPSA) is 16.1 Å². The number of aryl methyl sites for hydroxylation is 1. The van der Waals surface area contributed by atoms with Crippen molar-refractivity contribution >= 4 is 33.3 Å². The Bertz CT molecular complexity index is 380. The number of aromatic nitrogens is 1. The molecule has 0 aliphatic heterocycles. The maximum absolute atomic E-state index is 5.80. The average molecular weight is 318 g/mol. The number of alkyl halides is 1. The van der Waals surface area contributed by atoms with Crippen molar-refractivity contribution in [2.75, 3.05) is 17.3 Å². The summed E-state index contributed by atoms with van der Waals surface area (Å²) in [6, 6.07) is 2.84. The van der Waals surface area contributed by atoms with Gasteiger partial charge in [0.15, 0.2) is 0 Å². The van der Waals surface area contributed by atoms with Crippen LogP contribution < -0.4 is 4.90 Å². The lowest BCUT2D eigenvalue weighted by Gasteiger charge is -2.38. The lowest BCUT2D eigenvalue weighted by Crippen LogP contribution is -2.41. The molecule has 0 amide bonds. The zero-order valence-corrected chi connectivity index (χ0v) is 12.5. The predicted octanol–water partition coefficient (Wildman–Crippen LogP) is 4.14. The van der Waals surface area contributed by atoms with Crippen LogP contribution in [0, 0.1) is 6.92 Å². The third-order valence-electron chi connectivity index (χ3n) is 3.37. The molecule has 1 fully saturated rings. The lowest BCUT2D eigenvalue weighted by atomic mass is 9.91. The average Bonchev–Trinajstić information content (AvgIpc) is 2.25. The second-order valence-corrected chi connectivity index (χ2v) is 5.84. The van der Waals surface area contributed by atoms with E-state index in [-0.39, 0.29) is 0 Å². The minimum Gasteiger partial charge on any atom is -0.354 e. The quantitative estimate of drug-likeness (QED) is 0.759. The Hall–Kier alpha value is -0.280. The summed E-state index contributed by atoms with van der Waals surface area (Å²) in [6.07, 6.45) is 6.85. The number of halogens is 2. The molecule has 1 saturated carbocycles. The summed E-state index contributed by atoms with van der Waals surface area (Å²) < 4.78 is 1.08. The van der Waals surface area contributed by atoms with E-state index in [1.54, 1.807) is 0 Å². The Balaban J connectivity index is 2.15. The molecule has 0 aromatic carbocycles. The molecule has 4 heteroatoms. The van der Waals surface area contributed by atoms with Crippen LogP contribution in [0.4, 0.5) is 5.82 Å². The van der Waals surface area contributed by atoms with E-state index in [1.807, 2.05) is 6.20 Å². The summed E-state index contributed by atoms with van der Waals surface area (Å²) in [6.45, 7) is 3.12. The van der Waals surface area contributed by atoms with Gasteiger partial charge in [0.1, 0.15) is 5.82 Å². The van der Waals surface area contributed by atoms with Crippen LogP contribution in [0.15, 0.2) is 16.7 Å². The van der Waals surface area contributed by atoms with Crippen LogP contribution in [0.25, 0.3) is 0 Å². The Kier molecular flexibility index (Phi) is 4.69. The molecule has 1 aliphatic rings. The van der Waals surface area contributed by atoms with E-state index in [0.717, 1.165) is 29.1 Å². The van der Waals surface area contributed by atoms with Crippen molar-refractivity contribution in [2.45, 2.75) is 38.6 Å². The normalized spacial score (nSPS) is 15.7. The predicted molar refractivity (Wildman–Crippen MR) is 77.0 cm³/mol. The van der Waals surface area contributed by atoms with Crippen LogP contribution in [0.1, 0.15) is 31.2 Å². The minimum atomic E-state index is 0.672. The number of rotatable bonds is 5. The SMILES string of the molecule is Cc1cc(N(CCCCl)C2CCC2)ncc1Br. The van der Waals surface area contributed by atoms with Gasteiger partial charge in [0.2, 0.25) is 0 Å². The lowest BCUT2D eigenvalue weighted by molar-refractivity contribution is 0.384. The molecule has 0 radical (unpaired) electrons. The Morgan fingerprint density at radius 2 is 2.29 bits per heavy atom. The van der Waals surface area contributed by atoms with Gasteiger partial charge in [-0.2, -0.15) is 0 Å². The molecule has 0 N–H and O–H groups in total. The molecular weight excluding hydrogens is 300 g/mol. The summed E-state index contributed by atoms with van der Waals surface area (Å²) in [7, 11) is 0. The van der Waals surface area contributed by atoms with Crippen molar-refractivity contribution in [2.24, 2.45) is 0 Å². The molecule has 0 atom stereocenters. The molecule has 1 aromatic heterocycles. The summed E-state index contributed by atoms with van der Waals surface area (Å²) in [5, 5.41) is 0. The number of hydrogen-bond donors (Lipinski definition) is 0. The standard InChI is InChI=1S/C13H18BrClN2/c1-10-8-13(16-9-12(10)14)17(7-3-6-15)11-4-2-5-11/h8-9,11H,2-7H2,1H3. The summed E-state index contributed by atoms with van der Waals surface area (Å²) in [5.74, 6) is 1.82. The second-order valence-electron chi connectivity index (χ2n) is 4.61. The van der Waals surface area contributed by atoms with E-state index in [9.17, 15) is 0 Å². The summed E-state index contributed by atoms with van der Waals surface area (Å²) >= 11 is 9.30. The Labute approximate surface area is 116 Å². The maximum Gasteiger partial charge on any atom is 0.129 e. The van der Waals surface area contributed by atoms with Gasteiger partial charge in [0, 0.05) is 29.1 Å². The third-order valence-corrected chi connectivity index (χ3v) is 4.47. The molecule has 0 unspecified atom stereocenters. The Morgan fingerprint density at radius 1 is 1.53 bits per heavy atom. The molecule has 17 heavy (non-hydrogen) atoms. The van der Waals surface area contributed by atoms with E-state index in [1.165, 1.54) is 24.8 Å². The van der Waals surface area contributed by atoms with Gasteiger partial charge in [-0.25, -0.2) is 4.98 Å². The highest BCUT2D eigenvalue weighted by atomic mass is 79.9. The van der Waals surface area contributed by atoms with Gasteiger partial charge in [-0.3, -0.25) is 0 Å². The van der Waals surface area contributed by atoms with E-state index < -0.39 is 0 Å². The van der Waals surface area contributed by atoms with E-state index >= 15 is 0 Å². The number of nitrogens with zero attached hydrogens (tertiary/aromatic N) is 2. The zero-order valence-electron chi connectivity index (χ0n) is 10.1. The first-order valence-electron chi connectivity index (χ1n) is 6.17. The van der Waals surface area contributed by atoms with Crippen molar-refractivity contribution in [1.82, 2.24) is 4.98 Å².